The van der Waals surface area contributed by atoms with Gasteiger partial charge in [-0.3, -0.25) is 0 Å². The smallest absolute Gasteiger partial charge is 0.0577 e. The number of aliphatic hydroxyl groups excluding tert-OH is 1. The predicted octanol–water partition coefficient (Wildman–Crippen LogP) is 7.94. The summed E-state index contributed by atoms with van der Waals surface area (Å²) in [6.07, 6.45) is 17.5. The van der Waals surface area contributed by atoms with E-state index in [4.69, 9.17) is 0 Å². The molecule has 0 aliphatic heterocycles. The van der Waals surface area contributed by atoms with Crippen molar-refractivity contribution < 1.29 is 5.11 Å². The van der Waals surface area contributed by atoms with E-state index in [0.29, 0.717) is 11.3 Å². The Balaban J connectivity index is 1.69. The van der Waals surface area contributed by atoms with Crippen LogP contribution in [0.15, 0.2) is 23.3 Å². The summed E-state index contributed by atoms with van der Waals surface area (Å²) < 4.78 is 0. The van der Waals surface area contributed by atoms with Gasteiger partial charge in [-0.15, -0.1) is 0 Å². The van der Waals surface area contributed by atoms with E-state index in [1.54, 1.807) is 5.57 Å². The Morgan fingerprint density at radius 2 is 1.72 bits per heavy atom. The van der Waals surface area contributed by atoms with Gasteiger partial charge in [0.2, 0.25) is 0 Å². The van der Waals surface area contributed by atoms with Crippen LogP contribution >= 0.6 is 0 Å². The maximum absolute atomic E-state index is 10.1. The van der Waals surface area contributed by atoms with Crippen LogP contribution in [0, 0.1) is 40.9 Å². The summed E-state index contributed by atoms with van der Waals surface area (Å²) >= 11 is 0. The lowest BCUT2D eigenvalue weighted by molar-refractivity contribution is 0.0907. The van der Waals surface area contributed by atoms with Crippen molar-refractivity contribution in [3.05, 3.63) is 23.3 Å². The Bertz CT molecular complexity index is 599. The first kappa shape index (κ1) is 23.1. The van der Waals surface area contributed by atoms with Gasteiger partial charge in [-0.25, -0.2) is 0 Å². The van der Waals surface area contributed by atoms with E-state index in [2.05, 4.69) is 53.7 Å². The van der Waals surface area contributed by atoms with Crippen LogP contribution in [-0.2, 0) is 0 Å². The fourth-order valence-electron chi connectivity index (χ4n) is 6.92. The summed E-state index contributed by atoms with van der Waals surface area (Å²) in [5.41, 5.74) is 3.72. The number of fused-ring (bicyclic) bond motifs is 1. The molecule has 29 heavy (non-hydrogen) atoms. The van der Waals surface area contributed by atoms with Crippen LogP contribution in [0.25, 0.3) is 0 Å². The third-order valence-electron chi connectivity index (χ3n) is 9.49. The van der Waals surface area contributed by atoms with E-state index >= 15 is 0 Å². The molecule has 0 bridgehead atoms. The summed E-state index contributed by atoms with van der Waals surface area (Å²) in [5, 5.41) is 10.1. The molecule has 0 aromatic carbocycles. The molecule has 1 N–H and O–H groups in total. The minimum Gasteiger partial charge on any atom is -0.393 e. The molecular formula is C28H48O. The molecule has 0 amide bonds. The van der Waals surface area contributed by atoms with E-state index in [9.17, 15) is 5.11 Å². The average molecular weight is 401 g/mol. The molecule has 0 heterocycles. The standard InChI is InChI=1S/C28H48O/c1-19(2)20(3)9-10-22(5)26-15-16-27-23(8-7-17-28(26,27)6)12-13-24-18-25(29)14-11-21(24)4/h12-13,19-22,25-27,29H,7-11,14-18H2,1-6H3/b23-12+,24-13-. The molecule has 166 valence electrons. The molecule has 3 aliphatic carbocycles. The highest BCUT2D eigenvalue weighted by atomic mass is 16.3. The van der Waals surface area contributed by atoms with Gasteiger partial charge in [-0.05, 0) is 92.3 Å². The molecule has 3 saturated carbocycles. The number of rotatable bonds is 6. The Kier molecular flexibility index (Phi) is 7.74. The molecule has 3 fully saturated rings. The highest BCUT2D eigenvalue weighted by molar-refractivity contribution is 5.26. The minimum atomic E-state index is -0.114. The van der Waals surface area contributed by atoms with Crippen LogP contribution in [0.3, 0.4) is 0 Å². The highest BCUT2D eigenvalue weighted by Gasteiger charge is 2.50. The molecule has 0 radical (unpaired) electrons. The molecule has 1 heteroatoms. The van der Waals surface area contributed by atoms with Crippen molar-refractivity contribution in [1.82, 2.24) is 0 Å². The molecule has 3 aliphatic rings. The van der Waals surface area contributed by atoms with Crippen LogP contribution in [0.5, 0.6) is 0 Å². The normalized spacial score (nSPS) is 40.4. The maximum atomic E-state index is 10.1. The second kappa shape index (κ2) is 9.71. The fraction of sp³-hybridized carbons (Fsp3) is 0.857. The zero-order chi connectivity index (χ0) is 21.2. The van der Waals surface area contributed by atoms with Crippen LogP contribution in [0.1, 0.15) is 106 Å². The summed E-state index contributed by atoms with van der Waals surface area (Å²) in [4.78, 5) is 0. The maximum Gasteiger partial charge on any atom is 0.0577 e. The molecule has 7 unspecified atom stereocenters. The van der Waals surface area contributed by atoms with E-state index < -0.39 is 0 Å². The zero-order valence-corrected chi connectivity index (χ0v) is 20.2. The Hall–Kier alpha value is -0.560. The molecule has 0 saturated heterocycles. The van der Waals surface area contributed by atoms with E-state index in [1.165, 1.54) is 50.5 Å². The summed E-state index contributed by atoms with van der Waals surface area (Å²) in [7, 11) is 0. The second-order valence-electron chi connectivity index (χ2n) is 11.7. The van der Waals surface area contributed by atoms with Crippen molar-refractivity contribution in [2.24, 2.45) is 40.9 Å². The molecule has 0 aromatic heterocycles. The van der Waals surface area contributed by atoms with Gasteiger partial charge in [0, 0.05) is 0 Å². The zero-order valence-electron chi connectivity index (χ0n) is 20.2. The van der Waals surface area contributed by atoms with Gasteiger partial charge in [0.25, 0.3) is 0 Å². The van der Waals surface area contributed by atoms with Crippen molar-refractivity contribution in [2.75, 3.05) is 0 Å². The fourth-order valence-corrected chi connectivity index (χ4v) is 6.92. The third kappa shape index (κ3) is 5.20. The molecule has 3 rings (SSSR count). The van der Waals surface area contributed by atoms with Crippen molar-refractivity contribution in [3.8, 4) is 0 Å². The Morgan fingerprint density at radius 1 is 1.00 bits per heavy atom. The number of hydrogen-bond donors (Lipinski definition) is 1. The van der Waals surface area contributed by atoms with E-state index in [-0.39, 0.29) is 6.10 Å². The predicted molar refractivity (Wildman–Crippen MR) is 126 cm³/mol. The van der Waals surface area contributed by atoms with Crippen molar-refractivity contribution in [3.63, 3.8) is 0 Å². The third-order valence-corrected chi connectivity index (χ3v) is 9.49. The lowest BCUT2D eigenvalue weighted by atomic mass is 9.60. The second-order valence-corrected chi connectivity index (χ2v) is 11.7. The summed E-state index contributed by atoms with van der Waals surface area (Å²) in [6, 6.07) is 0. The van der Waals surface area contributed by atoms with Crippen LogP contribution in [0.4, 0.5) is 0 Å². The van der Waals surface area contributed by atoms with E-state index in [0.717, 1.165) is 48.9 Å². The summed E-state index contributed by atoms with van der Waals surface area (Å²) in [5.74, 6) is 4.86. The van der Waals surface area contributed by atoms with Gasteiger partial charge < -0.3 is 5.11 Å². The van der Waals surface area contributed by atoms with Gasteiger partial charge in [-0.2, -0.15) is 0 Å². The molecule has 1 nitrogen and oxygen atoms in total. The SMILES string of the molecule is CC1CCC(O)C/C1=C/C=C1\CCCC2(C)C1CCC2C(C)CCC(C)C(C)C. The first-order valence-corrected chi connectivity index (χ1v) is 12.8. The molecule has 0 spiro atoms. The lowest BCUT2D eigenvalue weighted by Gasteiger charge is -2.44. The van der Waals surface area contributed by atoms with Gasteiger partial charge in [-0.1, -0.05) is 77.7 Å². The van der Waals surface area contributed by atoms with Crippen LogP contribution < -0.4 is 0 Å². The average Bonchev–Trinajstić information content (AvgIpc) is 3.04. The van der Waals surface area contributed by atoms with Crippen molar-refractivity contribution in [1.29, 1.82) is 0 Å². The topological polar surface area (TPSA) is 20.2 Å². The van der Waals surface area contributed by atoms with Crippen LogP contribution in [0.2, 0.25) is 0 Å². The molecule has 7 atom stereocenters. The Morgan fingerprint density at radius 3 is 2.45 bits per heavy atom. The van der Waals surface area contributed by atoms with Gasteiger partial charge in [0.15, 0.2) is 0 Å². The van der Waals surface area contributed by atoms with Gasteiger partial charge in [0.1, 0.15) is 0 Å². The van der Waals surface area contributed by atoms with Crippen molar-refractivity contribution in [2.45, 2.75) is 112 Å². The van der Waals surface area contributed by atoms with Gasteiger partial charge >= 0.3 is 0 Å². The quantitative estimate of drug-likeness (QED) is 0.479. The lowest BCUT2D eigenvalue weighted by Crippen LogP contribution is -2.36. The molecule has 0 aromatic rings. The first-order valence-electron chi connectivity index (χ1n) is 12.8. The summed E-state index contributed by atoms with van der Waals surface area (Å²) in [6.45, 7) is 14.7. The van der Waals surface area contributed by atoms with Crippen molar-refractivity contribution >= 4 is 0 Å². The molecular weight excluding hydrogens is 352 g/mol. The monoisotopic (exact) mass is 400 g/mol. The number of hydrogen-bond acceptors (Lipinski definition) is 1. The first-order chi connectivity index (χ1) is 13.7. The number of allylic oxidation sites excluding steroid dienone is 3. The number of aliphatic hydroxyl groups is 1. The van der Waals surface area contributed by atoms with Crippen LogP contribution in [-0.4, -0.2) is 11.2 Å². The largest absolute Gasteiger partial charge is 0.393 e. The van der Waals surface area contributed by atoms with Gasteiger partial charge in [0.05, 0.1) is 6.10 Å². The highest BCUT2D eigenvalue weighted by Crippen LogP contribution is 2.60. The Labute approximate surface area is 181 Å². The minimum absolute atomic E-state index is 0.114. The van der Waals surface area contributed by atoms with E-state index in [1.807, 2.05) is 0 Å².